The zero-order chi connectivity index (χ0) is 52.3. The molecule has 8 aromatic carbocycles. The Morgan fingerprint density at radius 3 is 1.72 bits per heavy atom. The molecule has 0 radical (unpaired) electrons. The number of pyridine rings is 1. The van der Waals surface area contributed by atoms with Crippen LogP contribution in [0.5, 0.6) is 5.75 Å². The van der Waals surface area contributed by atoms with E-state index in [0.29, 0.717) is 28.0 Å². The lowest BCUT2D eigenvalue weighted by Gasteiger charge is -2.25. The number of hydrogen-bond donors (Lipinski definition) is 1. The maximum absolute atomic E-state index is 12.5. The number of aromatic hydroxyl groups is 1. The molecule has 0 amide bonds. The van der Waals surface area contributed by atoms with Crippen LogP contribution in [-0.4, -0.2) is 19.6 Å². The fourth-order valence-corrected chi connectivity index (χ4v) is 9.92. The van der Waals surface area contributed by atoms with Gasteiger partial charge in [-0.3, -0.25) is 9.55 Å². The number of benzene rings is 8. The highest BCUT2D eigenvalue weighted by Gasteiger charge is 2.26. The van der Waals surface area contributed by atoms with Crippen LogP contribution in [0.4, 0.5) is 0 Å². The van der Waals surface area contributed by atoms with Crippen molar-refractivity contribution < 1.29 is 9.22 Å². The van der Waals surface area contributed by atoms with Crippen molar-refractivity contribution in [3.63, 3.8) is 0 Å². The third kappa shape index (κ3) is 9.23. The molecule has 10 aromatic rings. The summed E-state index contributed by atoms with van der Waals surface area (Å²) < 4.78 is 30.2. The van der Waals surface area contributed by atoms with Crippen molar-refractivity contribution >= 4 is 11.0 Å². The summed E-state index contributed by atoms with van der Waals surface area (Å²) in [6.07, 6.45) is 1.88. The second kappa shape index (κ2) is 19.2. The molecule has 352 valence electrons. The van der Waals surface area contributed by atoms with Crippen molar-refractivity contribution in [2.75, 3.05) is 0 Å². The smallest absolute Gasteiger partial charge is 0.149 e. The van der Waals surface area contributed by atoms with E-state index < -0.39 is 17.7 Å². The minimum Gasteiger partial charge on any atom is -0.507 e. The number of para-hydroxylation sites is 1. The van der Waals surface area contributed by atoms with Crippen molar-refractivity contribution in [2.24, 2.45) is 0 Å². The van der Waals surface area contributed by atoms with Gasteiger partial charge in [-0.15, -0.1) is 0 Å². The molecule has 4 nitrogen and oxygen atoms in total. The molecule has 1 N–H and O–H groups in total. The number of nitrogens with zero attached hydrogens (tertiary/aromatic N) is 3. The molecule has 0 saturated carbocycles. The Balaban J connectivity index is 1.22. The largest absolute Gasteiger partial charge is 0.507 e. The van der Waals surface area contributed by atoms with Crippen LogP contribution in [0.1, 0.15) is 106 Å². The van der Waals surface area contributed by atoms with Crippen molar-refractivity contribution in [3.8, 4) is 89.7 Å². The monoisotopic (exact) mass is 929 g/mol. The molecule has 0 saturated heterocycles. The van der Waals surface area contributed by atoms with E-state index in [2.05, 4.69) is 189 Å². The SMILES string of the molecule is [2H]C(C)(C)c1cc(-c2nc3c(-c4cc(-c5ccccc5)cc(-c5cc(-c6ccc(-c7ccccc7)cc6)ccn5)c4)cccc3n2-c2ccc(-c3ccccc3C(C)(C)C)c(C([2H])(C)C)c2)c(O)c(C([2H])(C)C)c1. The Bertz CT molecular complexity index is 3700. The van der Waals surface area contributed by atoms with E-state index in [0.717, 1.165) is 78.1 Å². The first-order valence-corrected chi connectivity index (χ1v) is 24.6. The maximum Gasteiger partial charge on any atom is 0.149 e. The van der Waals surface area contributed by atoms with Crippen molar-refractivity contribution in [2.45, 2.75) is 85.4 Å². The van der Waals surface area contributed by atoms with Crippen LogP contribution in [-0.2, 0) is 5.41 Å². The summed E-state index contributed by atoms with van der Waals surface area (Å²) in [4.78, 5) is 10.5. The van der Waals surface area contributed by atoms with Crippen molar-refractivity contribution in [1.82, 2.24) is 14.5 Å². The third-order valence-electron chi connectivity index (χ3n) is 13.7. The van der Waals surface area contributed by atoms with Gasteiger partial charge in [0, 0.05) is 27.1 Å². The van der Waals surface area contributed by atoms with Crippen LogP contribution in [0, 0.1) is 0 Å². The Labute approximate surface area is 424 Å². The van der Waals surface area contributed by atoms with Gasteiger partial charge in [0.1, 0.15) is 11.6 Å². The molecular weight excluding hydrogens is 863 g/mol. The molecule has 2 aromatic heterocycles. The van der Waals surface area contributed by atoms with Gasteiger partial charge in [-0.25, -0.2) is 4.98 Å². The van der Waals surface area contributed by atoms with Gasteiger partial charge < -0.3 is 5.11 Å². The molecular formula is C67H63N3O. The van der Waals surface area contributed by atoms with Gasteiger partial charge in [-0.1, -0.05) is 196 Å². The van der Waals surface area contributed by atoms with Crippen LogP contribution < -0.4 is 0 Å². The summed E-state index contributed by atoms with van der Waals surface area (Å²) in [5, 5.41) is 12.5. The number of phenols is 1. The maximum atomic E-state index is 12.5. The lowest BCUT2D eigenvalue weighted by Crippen LogP contribution is -2.13. The average molecular weight is 929 g/mol. The van der Waals surface area contributed by atoms with Crippen molar-refractivity contribution in [3.05, 3.63) is 217 Å². The van der Waals surface area contributed by atoms with Gasteiger partial charge >= 0.3 is 0 Å². The summed E-state index contributed by atoms with van der Waals surface area (Å²) in [7, 11) is 0. The van der Waals surface area contributed by atoms with Crippen LogP contribution in [0.2, 0.25) is 0 Å². The Kier molecular flexibility index (Phi) is 11.7. The second-order valence-corrected chi connectivity index (χ2v) is 20.4. The van der Waals surface area contributed by atoms with Gasteiger partial charge in [0.2, 0.25) is 0 Å². The molecule has 0 aliphatic carbocycles. The quantitative estimate of drug-likeness (QED) is 0.141. The minimum absolute atomic E-state index is 0.0538. The van der Waals surface area contributed by atoms with E-state index in [9.17, 15) is 9.22 Å². The van der Waals surface area contributed by atoms with Crippen molar-refractivity contribution in [1.29, 1.82) is 0 Å². The lowest BCUT2D eigenvalue weighted by atomic mass is 9.80. The highest BCUT2D eigenvalue weighted by Crippen LogP contribution is 2.45. The lowest BCUT2D eigenvalue weighted by molar-refractivity contribution is 0.466. The predicted molar refractivity (Wildman–Crippen MR) is 300 cm³/mol. The van der Waals surface area contributed by atoms with E-state index in [4.69, 9.17) is 9.97 Å². The Morgan fingerprint density at radius 2 is 1.06 bits per heavy atom. The van der Waals surface area contributed by atoms with Crippen LogP contribution in [0.15, 0.2) is 194 Å². The fourth-order valence-electron chi connectivity index (χ4n) is 9.92. The number of phenolic OH excluding ortho intramolecular Hbond substituents is 1. The van der Waals surface area contributed by atoms with Gasteiger partial charge in [-0.05, 0) is 150 Å². The van der Waals surface area contributed by atoms with E-state index >= 15 is 0 Å². The Hall–Kier alpha value is -7.82. The van der Waals surface area contributed by atoms with Gasteiger partial charge in [0.05, 0.1) is 22.3 Å². The topological polar surface area (TPSA) is 50.9 Å². The van der Waals surface area contributed by atoms with Crippen LogP contribution >= 0.6 is 0 Å². The van der Waals surface area contributed by atoms with E-state index in [1.54, 1.807) is 19.9 Å². The molecule has 0 spiro atoms. The second-order valence-electron chi connectivity index (χ2n) is 20.4. The standard InChI is InChI=1S/C67H63N3O/c1-42(2)50-38-59(44(5)6)65(71)60(39-50)66-69-64-55(24-18-26-63(64)70(66)54-31-32-56(58(41-54)43(3)4)57-23-16-17-25-61(57)67(7,8)9)52-35-51(46-21-14-11-15-22-46)36-53(37-52)62-40-49(33-34-68-62)48-29-27-47(28-30-48)45-19-12-10-13-20-45/h10-44,71H,1-9H3/i42D,43D,44D. The minimum atomic E-state index is -1.20. The van der Waals surface area contributed by atoms with Gasteiger partial charge in [0.15, 0.2) is 0 Å². The number of fused-ring (bicyclic) bond motifs is 1. The third-order valence-corrected chi connectivity index (χ3v) is 13.7. The summed E-state index contributed by atoms with van der Waals surface area (Å²) in [5.41, 5.74) is 17.9. The number of imidazole rings is 1. The molecule has 0 bridgehead atoms. The van der Waals surface area contributed by atoms with E-state index in [1.807, 2.05) is 52.1 Å². The van der Waals surface area contributed by atoms with Gasteiger partial charge in [0.25, 0.3) is 0 Å². The molecule has 10 rings (SSSR count). The molecule has 0 aliphatic rings. The molecule has 0 unspecified atom stereocenters. The van der Waals surface area contributed by atoms with E-state index in [-0.39, 0.29) is 11.2 Å². The number of hydrogen-bond acceptors (Lipinski definition) is 3. The molecule has 0 aliphatic heterocycles. The molecule has 0 atom stereocenters. The normalized spacial score (nSPS) is 12.9. The summed E-state index contributed by atoms with van der Waals surface area (Å²) in [5.74, 6) is -2.85. The first-order valence-electron chi connectivity index (χ1n) is 26.1. The predicted octanol–water partition coefficient (Wildman–Crippen LogP) is 18.5. The average Bonchev–Trinajstić information content (AvgIpc) is 3.78. The summed E-state index contributed by atoms with van der Waals surface area (Å²) in [6.45, 7) is 17.7. The highest BCUT2D eigenvalue weighted by atomic mass is 16.3. The van der Waals surface area contributed by atoms with E-state index in [1.165, 1.54) is 11.1 Å². The summed E-state index contributed by atoms with van der Waals surface area (Å²) in [6, 6.07) is 64.9. The fraction of sp³-hybridized carbons (Fsp3) is 0.194. The van der Waals surface area contributed by atoms with Crippen LogP contribution in [0.3, 0.4) is 0 Å². The Morgan fingerprint density at radius 1 is 0.465 bits per heavy atom. The highest BCUT2D eigenvalue weighted by molar-refractivity contribution is 5.98. The van der Waals surface area contributed by atoms with Gasteiger partial charge in [-0.2, -0.15) is 0 Å². The summed E-state index contributed by atoms with van der Waals surface area (Å²) >= 11 is 0. The first kappa shape index (κ1) is 43.2. The molecule has 71 heavy (non-hydrogen) atoms. The zero-order valence-electron chi connectivity index (χ0n) is 45.3. The zero-order valence-corrected chi connectivity index (χ0v) is 42.3. The number of aromatic nitrogens is 3. The first-order chi connectivity index (χ1) is 35.1. The van der Waals surface area contributed by atoms with Crippen LogP contribution in [0.25, 0.3) is 95.0 Å². The number of rotatable bonds is 11. The molecule has 2 heterocycles. The molecule has 0 fully saturated rings. The molecule has 4 heteroatoms.